The number of aromatic nitrogens is 1. The molecule has 0 saturated carbocycles. The summed E-state index contributed by atoms with van der Waals surface area (Å²) in [5, 5.41) is 0. The summed E-state index contributed by atoms with van der Waals surface area (Å²) >= 11 is 3.24. The molecule has 0 saturated heterocycles. The maximum atomic E-state index is 12.5. The lowest BCUT2D eigenvalue weighted by atomic mass is 10.2. The molecule has 0 aliphatic carbocycles. The topological polar surface area (TPSA) is 56.1 Å². The van der Waals surface area contributed by atoms with Crippen molar-refractivity contribution in [3.63, 3.8) is 0 Å². The largest absolute Gasteiger partial charge is 0.296 e. The molecule has 0 atom stereocenters. The molecule has 0 radical (unpaired) electrons. The predicted molar refractivity (Wildman–Crippen MR) is 76.0 cm³/mol. The zero-order valence-corrected chi connectivity index (χ0v) is 12.8. The second-order valence-electron chi connectivity index (χ2n) is 4.22. The van der Waals surface area contributed by atoms with Crippen LogP contribution in [0.2, 0.25) is 0 Å². The number of carbonyl (C=O) groups is 1. The van der Waals surface area contributed by atoms with Crippen LogP contribution in [0, 0.1) is 13.8 Å². The van der Waals surface area contributed by atoms with Gasteiger partial charge in [-0.15, -0.1) is 0 Å². The Kier molecular flexibility index (Phi) is 3.64. The molecule has 1 aromatic heterocycles. The summed E-state index contributed by atoms with van der Waals surface area (Å²) in [6.07, 6.45) is 1.94. The van der Waals surface area contributed by atoms with E-state index in [9.17, 15) is 13.2 Å². The number of halogens is 1. The Morgan fingerprint density at radius 3 is 2.26 bits per heavy atom. The third-order valence-electron chi connectivity index (χ3n) is 2.90. The van der Waals surface area contributed by atoms with Crippen molar-refractivity contribution < 1.29 is 13.2 Å². The zero-order chi connectivity index (χ0) is 14.2. The van der Waals surface area contributed by atoms with Crippen molar-refractivity contribution in [3.8, 4) is 0 Å². The number of hydrogen-bond acceptors (Lipinski definition) is 3. The summed E-state index contributed by atoms with van der Waals surface area (Å²) in [5.74, 6) is 0. The lowest BCUT2D eigenvalue weighted by Gasteiger charge is -2.08. The van der Waals surface area contributed by atoms with Crippen LogP contribution in [-0.2, 0) is 10.0 Å². The first kappa shape index (κ1) is 14.0. The summed E-state index contributed by atoms with van der Waals surface area (Å²) in [6, 6.07) is 6.50. The number of nitrogens with zero attached hydrogens (tertiary/aromatic N) is 1. The average Bonchev–Trinajstić information content (AvgIpc) is 2.66. The number of aldehydes is 1. The summed E-state index contributed by atoms with van der Waals surface area (Å²) in [7, 11) is -3.74. The maximum Gasteiger partial charge on any atom is 0.268 e. The second kappa shape index (κ2) is 4.94. The van der Waals surface area contributed by atoms with E-state index in [0.717, 1.165) is 9.54 Å². The number of carbonyl (C=O) groups excluding carboxylic acids is 1. The van der Waals surface area contributed by atoms with Gasteiger partial charge in [0.25, 0.3) is 10.0 Å². The minimum Gasteiger partial charge on any atom is -0.296 e. The SMILES string of the molecule is Cc1ccc(S(=O)(=O)n2cc(Br)c(C)c2C=O)cc1. The highest BCUT2D eigenvalue weighted by molar-refractivity contribution is 9.10. The fourth-order valence-electron chi connectivity index (χ4n) is 1.72. The first-order chi connectivity index (χ1) is 8.87. The van der Waals surface area contributed by atoms with Crippen molar-refractivity contribution in [2.75, 3.05) is 0 Å². The molecular formula is C13H12BrNO3S. The fraction of sp³-hybridized carbons (Fsp3) is 0.154. The third-order valence-corrected chi connectivity index (χ3v) is 5.39. The minimum atomic E-state index is -3.74. The highest BCUT2D eigenvalue weighted by Gasteiger charge is 2.22. The molecule has 1 aromatic carbocycles. The molecule has 2 rings (SSSR count). The van der Waals surface area contributed by atoms with Crippen LogP contribution in [0.1, 0.15) is 21.6 Å². The van der Waals surface area contributed by atoms with Gasteiger partial charge in [-0.25, -0.2) is 12.4 Å². The Bertz CT molecular complexity index is 730. The van der Waals surface area contributed by atoms with Crippen LogP contribution >= 0.6 is 15.9 Å². The third kappa shape index (κ3) is 2.37. The van der Waals surface area contributed by atoms with Crippen LogP contribution in [0.4, 0.5) is 0 Å². The summed E-state index contributed by atoms with van der Waals surface area (Å²) in [4.78, 5) is 11.2. The van der Waals surface area contributed by atoms with Crippen LogP contribution in [0.5, 0.6) is 0 Å². The van der Waals surface area contributed by atoms with E-state index in [0.29, 0.717) is 16.3 Å². The molecule has 6 heteroatoms. The molecule has 100 valence electrons. The standard InChI is InChI=1S/C13H12BrNO3S/c1-9-3-5-11(6-4-9)19(17,18)15-7-12(14)10(2)13(15)8-16/h3-8H,1-2H3. The highest BCUT2D eigenvalue weighted by atomic mass is 79.9. The van der Waals surface area contributed by atoms with E-state index in [1.165, 1.54) is 18.3 Å². The van der Waals surface area contributed by atoms with Gasteiger partial charge in [0.05, 0.1) is 4.90 Å². The highest BCUT2D eigenvalue weighted by Crippen LogP contribution is 2.25. The molecule has 0 spiro atoms. The summed E-state index contributed by atoms with van der Waals surface area (Å²) < 4.78 is 26.5. The Labute approximate surface area is 120 Å². The van der Waals surface area contributed by atoms with Gasteiger partial charge in [0.15, 0.2) is 6.29 Å². The van der Waals surface area contributed by atoms with Crippen LogP contribution < -0.4 is 0 Å². The number of benzene rings is 1. The van der Waals surface area contributed by atoms with Gasteiger partial charge in [-0.1, -0.05) is 17.7 Å². The molecule has 4 nitrogen and oxygen atoms in total. The molecule has 0 N–H and O–H groups in total. The smallest absolute Gasteiger partial charge is 0.268 e. The van der Waals surface area contributed by atoms with E-state index in [2.05, 4.69) is 15.9 Å². The molecular weight excluding hydrogens is 330 g/mol. The van der Waals surface area contributed by atoms with Gasteiger partial charge in [0, 0.05) is 10.7 Å². The van der Waals surface area contributed by atoms with Gasteiger partial charge in [0.2, 0.25) is 0 Å². The van der Waals surface area contributed by atoms with Gasteiger partial charge in [-0.3, -0.25) is 4.79 Å². The number of rotatable bonds is 3. The molecule has 0 aliphatic heterocycles. The van der Waals surface area contributed by atoms with Gasteiger partial charge < -0.3 is 0 Å². The molecule has 2 aromatic rings. The van der Waals surface area contributed by atoms with E-state index in [4.69, 9.17) is 0 Å². The Balaban J connectivity index is 2.66. The van der Waals surface area contributed by atoms with Crippen LogP contribution in [0.25, 0.3) is 0 Å². The van der Waals surface area contributed by atoms with Crippen molar-refractivity contribution in [1.29, 1.82) is 0 Å². The minimum absolute atomic E-state index is 0.132. The van der Waals surface area contributed by atoms with Crippen molar-refractivity contribution in [2.24, 2.45) is 0 Å². The maximum absolute atomic E-state index is 12.5. The van der Waals surface area contributed by atoms with Crippen LogP contribution in [0.15, 0.2) is 39.8 Å². The van der Waals surface area contributed by atoms with E-state index in [1.54, 1.807) is 19.1 Å². The number of aryl methyl sites for hydroxylation is 1. The van der Waals surface area contributed by atoms with Crippen molar-refractivity contribution in [3.05, 3.63) is 51.8 Å². The Morgan fingerprint density at radius 2 is 1.74 bits per heavy atom. The van der Waals surface area contributed by atoms with Crippen molar-refractivity contribution in [1.82, 2.24) is 3.97 Å². The van der Waals surface area contributed by atoms with Gasteiger partial charge >= 0.3 is 0 Å². The van der Waals surface area contributed by atoms with Crippen molar-refractivity contribution in [2.45, 2.75) is 18.7 Å². The lowest BCUT2D eigenvalue weighted by Crippen LogP contribution is -2.15. The van der Waals surface area contributed by atoms with Crippen LogP contribution in [0.3, 0.4) is 0 Å². The molecule has 19 heavy (non-hydrogen) atoms. The van der Waals surface area contributed by atoms with Crippen molar-refractivity contribution >= 4 is 32.2 Å². The normalized spacial score (nSPS) is 11.5. The number of hydrogen-bond donors (Lipinski definition) is 0. The molecule has 0 bridgehead atoms. The van der Waals surface area contributed by atoms with E-state index in [1.807, 2.05) is 6.92 Å². The molecule has 0 amide bonds. The second-order valence-corrected chi connectivity index (χ2v) is 6.89. The molecule has 0 aliphatic rings. The molecule has 0 fully saturated rings. The van der Waals surface area contributed by atoms with E-state index in [-0.39, 0.29) is 10.6 Å². The fourth-order valence-corrected chi connectivity index (χ4v) is 3.65. The lowest BCUT2D eigenvalue weighted by molar-refractivity contribution is 0.111. The van der Waals surface area contributed by atoms with Gasteiger partial charge in [0.1, 0.15) is 5.69 Å². The van der Waals surface area contributed by atoms with Gasteiger partial charge in [-0.05, 0) is 47.5 Å². The quantitative estimate of drug-likeness (QED) is 0.806. The van der Waals surface area contributed by atoms with Crippen LogP contribution in [-0.4, -0.2) is 18.7 Å². The first-order valence-corrected chi connectivity index (χ1v) is 7.76. The Hall–Kier alpha value is -1.40. The van der Waals surface area contributed by atoms with E-state index >= 15 is 0 Å². The monoisotopic (exact) mass is 341 g/mol. The molecule has 1 heterocycles. The zero-order valence-electron chi connectivity index (χ0n) is 10.4. The Morgan fingerprint density at radius 1 is 1.16 bits per heavy atom. The van der Waals surface area contributed by atoms with E-state index < -0.39 is 10.0 Å². The summed E-state index contributed by atoms with van der Waals surface area (Å²) in [5.41, 5.74) is 1.71. The molecule has 0 unspecified atom stereocenters. The average molecular weight is 342 g/mol. The van der Waals surface area contributed by atoms with Gasteiger partial charge in [-0.2, -0.15) is 0 Å². The predicted octanol–water partition coefficient (Wildman–Crippen LogP) is 2.92. The summed E-state index contributed by atoms with van der Waals surface area (Å²) in [6.45, 7) is 3.57. The first-order valence-electron chi connectivity index (χ1n) is 5.53.